The second-order valence-electron chi connectivity index (χ2n) is 5.49. The van der Waals surface area contributed by atoms with E-state index in [0.717, 1.165) is 11.4 Å². The van der Waals surface area contributed by atoms with Crippen LogP contribution in [-0.2, 0) is 6.54 Å². The number of rotatable bonds is 6. The van der Waals surface area contributed by atoms with Gasteiger partial charge in [-0.15, -0.1) is 0 Å². The number of carbonyl (C=O) groups excluding carboxylic acids is 1. The SMILES string of the molecule is O=C(NCCn1ccc(-c2ccccn2)n1)c1cc(-c2ccco2)on1. The normalized spacial score (nSPS) is 10.8. The highest BCUT2D eigenvalue weighted by Crippen LogP contribution is 2.20. The predicted octanol–water partition coefficient (Wildman–Crippen LogP) is 2.62. The van der Waals surface area contributed by atoms with Crippen molar-refractivity contribution < 1.29 is 13.7 Å². The second kappa shape index (κ2) is 7.06. The average Bonchev–Trinajstić information content (AvgIpc) is 3.42. The summed E-state index contributed by atoms with van der Waals surface area (Å²) in [5, 5.41) is 11.0. The maximum Gasteiger partial charge on any atom is 0.273 e. The van der Waals surface area contributed by atoms with Crippen LogP contribution in [0.15, 0.2) is 70.1 Å². The van der Waals surface area contributed by atoms with Crippen molar-refractivity contribution in [1.82, 2.24) is 25.2 Å². The van der Waals surface area contributed by atoms with Crippen LogP contribution in [0.4, 0.5) is 0 Å². The van der Waals surface area contributed by atoms with Crippen LogP contribution in [0.2, 0.25) is 0 Å². The molecule has 8 nitrogen and oxygen atoms in total. The number of aromatic nitrogens is 4. The van der Waals surface area contributed by atoms with Gasteiger partial charge in [-0.2, -0.15) is 5.10 Å². The third kappa shape index (κ3) is 3.39. The molecule has 1 amide bonds. The Morgan fingerprint density at radius 3 is 2.88 bits per heavy atom. The van der Waals surface area contributed by atoms with Gasteiger partial charge in [0.2, 0.25) is 5.76 Å². The molecule has 8 heteroatoms. The molecule has 1 N–H and O–H groups in total. The molecule has 4 aromatic rings. The summed E-state index contributed by atoms with van der Waals surface area (Å²) in [6, 6.07) is 12.6. The smallest absolute Gasteiger partial charge is 0.273 e. The third-order valence-electron chi connectivity index (χ3n) is 3.70. The minimum Gasteiger partial charge on any atom is -0.461 e. The minimum atomic E-state index is -0.316. The van der Waals surface area contributed by atoms with Gasteiger partial charge in [0.25, 0.3) is 5.91 Å². The monoisotopic (exact) mass is 349 g/mol. The number of nitrogens with one attached hydrogen (secondary N) is 1. The lowest BCUT2D eigenvalue weighted by atomic mass is 10.3. The first kappa shape index (κ1) is 15.8. The number of pyridine rings is 1. The molecule has 4 rings (SSSR count). The third-order valence-corrected chi connectivity index (χ3v) is 3.70. The molecule has 0 atom stereocenters. The van der Waals surface area contributed by atoms with Crippen LogP contribution in [0.1, 0.15) is 10.5 Å². The Morgan fingerprint density at radius 1 is 1.12 bits per heavy atom. The fourth-order valence-corrected chi connectivity index (χ4v) is 2.43. The van der Waals surface area contributed by atoms with Gasteiger partial charge in [0.1, 0.15) is 5.69 Å². The van der Waals surface area contributed by atoms with E-state index in [9.17, 15) is 4.79 Å². The lowest BCUT2D eigenvalue weighted by Gasteiger charge is -2.03. The zero-order valence-electron chi connectivity index (χ0n) is 13.7. The van der Waals surface area contributed by atoms with Crippen LogP contribution in [0.25, 0.3) is 22.9 Å². The van der Waals surface area contributed by atoms with Gasteiger partial charge in [0.15, 0.2) is 11.5 Å². The predicted molar refractivity (Wildman–Crippen MR) is 92.0 cm³/mol. The first-order valence-corrected chi connectivity index (χ1v) is 8.03. The van der Waals surface area contributed by atoms with Crippen molar-refractivity contribution in [3.63, 3.8) is 0 Å². The van der Waals surface area contributed by atoms with Gasteiger partial charge in [-0.25, -0.2) is 0 Å². The fourth-order valence-electron chi connectivity index (χ4n) is 2.43. The molecule has 0 aromatic carbocycles. The molecule has 0 saturated heterocycles. The van der Waals surface area contributed by atoms with Crippen molar-refractivity contribution in [3.05, 3.63) is 66.8 Å². The number of nitrogens with zero attached hydrogens (tertiary/aromatic N) is 4. The van der Waals surface area contributed by atoms with Crippen LogP contribution < -0.4 is 5.32 Å². The van der Waals surface area contributed by atoms with Gasteiger partial charge in [-0.1, -0.05) is 11.2 Å². The summed E-state index contributed by atoms with van der Waals surface area (Å²) >= 11 is 0. The Hall–Kier alpha value is -3.68. The number of carbonyl (C=O) groups is 1. The summed E-state index contributed by atoms with van der Waals surface area (Å²) < 4.78 is 12.1. The minimum absolute atomic E-state index is 0.200. The van der Waals surface area contributed by atoms with Crippen molar-refractivity contribution in [2.45, 2.75) is 6.54 Å². The van der Waals surface area contributed by atoms with Crippen molar-refractivity contribution >= 4 is 5.91 Å². The molecule has 0 spiro atoms. The standard InChI is InChI=1S/C18H15N5O3/c24-18(15-12-17(26-22-15)16-5-3-11-25-16)20-8-10-23-9-6-14(21-23)13-4-1-2-7-19-13/h1-7,9,11-12H,8,10H2,(H,20,24). The lowest BCUT2D eigenvalue weighted by Crippen LogP contribution is -2.27. The maximum absolute atomic E-state index is 12.1. The Kier molecular flexibility index (Phi) is 4.29. The largest absolute Gasteiger partial charge is 0.461 e. The number of furan rings is 1. The molecule has 0 aliphatic carbocycles. The van der Waals surface area contributed by atoms with E-state index in [2.05, 4.69) is 20.6 Å². The highest BCUT2D eigenvalue weighted by molar-refractivity contribution is 5.92. The van der Waals surface area contributed by atoms with E-state index in [-0.39, 0.29) is 11.6 Å². The fraction of sp³-hybridized carbons (Fsp3) is 0.111. The molecule has 0 fully saturated rings. The van der Waals surface area contributed by atoms with Gasteiger partial charge in [0.05, 0.1) is 18.5 Å². The Labute approximate surface area is 148 Å². The lowest BCUT2D eigenvalue weighted by molar-refractivity contribution is 0.0943. The molecule has 0 bridgehead atoms. The van der Waals surface area contributed by atoms with E-state index in [1.807, 2.05) is 30.5 Å². The van der Waals surface area contributed by atoms with Gasteiger partial charge >= 0.3 is 0 Å². The van der Waals surface area contributed by atoms with Crippen LogP contribution in [0.5, 0.6) is 0 Å². The van der Waals surface area contributed by atoms with Crippen LogP contribution in [0.3, 0.4) is 0 Å². The quantitative estimate of drug-likeness (QED) is 0.574. The summed E-state index contributed by atoms with van der Waals surface area (Å²) in [6.07, 6.45) is 5.10. The molecule has 4 heterocycles. The van der Waals surface area contributed by atoms with Crippen molar-refractivity contribution in [3.8, 4) is 22.9 Å². The summed E-state index contributed by atoms with van der Waals surface area (Å²) in [6.45, 7) is 0.937. The zero-order chi connectivity index (χ0) is 17.8. The van der Waals surface area contributed by atoms with Crippen molar-refractivity contribution in [2.75, 3.05) is 6.54 Å². The Bertz CT molecular complexity index is 989. The molecular formula is C18H15N5O3. The molecule has 0 aliphatic heterocycles. The van der Waals surface area contributed by atoms with E-state index < -0.39 is 0 Å². The summed E-state index contributed by atoms with van der Waals surface area (Å²) in [4.78, 5) is 16.4. The van der Waals surface area contributed by atoms with E-state index in [0.29, 0.717) is 24.6 Å². The highest BCUT2D eigenvalue weighted by Gasteiger charge is 2.14. The molecule has 130 valence electrons. The van der Waals surface area contributed by atoms with Crippen molar-refractivity contribution in [2.24, 2.45) is 0 Å². The molecule has 0 unspecified atom stereocenters. The van der Waals surface area contributed by atoms with Crippen molar-refractivity contribution in [1.29, 1.82) is 0 Å². The molecule has 0 radical (unpaired) electrons. The summed E-state index contributed by atoms with van der Waals surface area (Å²) in [5.41, 5.74) is 1.80. The Morgan fingerprint density at radius 2 is 2.08 bits per heavy atom. The number of hydrogen-bond acceptors (Lipinski definition) is 6. The zero-order valence-corrected chi connectivity index (χ0v) is 13.7. The van der Waals surface area contributed by atoms with E-state index >= 15 is 0 Å². The molecule has 4 aromatic heterocycles. The summed E-state index contributed by atoms with van der Waals surface area (Å²) in [5.74, 6) is 0.617. The maximum atomic E-state index is 12.1. The van der Waals surface area contributed by atoms with Crippen LogP contribution in [0, 0.1) is 0 Å². The van der Waals surface area contributed by atoms with Crippen LogP contribution in [-0.4, -0.2) is 32.4 Å². The summed E-state index contributed by atoms with van der Waals surface area (Å²) in [7, 11) is 0. The molecule has 26 heavy (non-hydrogen) atoms. The topological polar surface area (TPSA) is 99.0 Å². The first-order valence-electron chi connectivity index (χ1n) is 8.03. The first-order chi connectivity index (χ1) is 12.8. The van der Waals surface area contributed by atoms with Gasteiger partial charge < -0.3 is 14.3 Å². The van der Waals surface area contributed by atoms with E-state index in [1.165, 1.54) is 6.26 Å². The molecular weight excluding hydrogens is 334 g/mol. The number of amides is 1. The highest BCUT2D eigenvalue weighted by atomic mass is 16.5. The second-order valence-corrected chi connectivity index (χ2v) is 5.49. The van der Waals surface area contributed by atoms with Gasteiger partial charge in [-0.05, 0) is 30.3 Å². The van der Waals surface area contributed by atoms with Gasteiger partial charge in [-0.3, -0.25) is 14.5 Å². The van der Waals surface area contributed by atoms with E-state index in [4.69, 9.17) is 8.94 Å². The average molecular weight is 349 g/mol. The number of hydrogen-bond donors (Lipinski definition) is 1. The Balaban J connectivity index is 1.32. The van der Waals surface area contributed by atoms with Gasteiger partial charge in [0, 0.05) is 25.0 Å². The van der Waals surface area contributed by atoms with E-state index in [1.54, 1.807) is 29.1 Å². The molecule has 0 aliphatic rings. The van der Waals surface area contributed by atoms with Crippen LogP contribution >= 0.6 is 0 Å². The molecule has 0 saturated carbocycles.